The Morgan fingerprint density at radius 3 is 2.24 bits per heavy atom. The van der Waals surface area contributed by atoms with Gasteiger partial charge in [0.2, 0.25) is 5.78 Å². The molecule has 0 saturated heterocycles. The maximum atomic E-state index is 14.1. The minimum Gasteiger partial charge on any atom is -0.508 e. The topological polar surface area (TPSA) is 191 Å². The van der Waals surface area contributed by atoms with Gasteiger partial charge in [-0.05, 0) is 67.7 Å². The maximum absolute atomic E-state index is 14.1. The van der Waals surface area contributed by atoms with Crippen LogP contribution in [0.3, 0.4) is 0 Å². The number of primary amides is 1. The average Bonchev–Trinajstić information content (AvgIpc) is 2.90. The monoisotopic (exact) mass is 562 g/mol. The zero-order chi connectivity index (χ0) is 30.1. The van der Waals surface area contributed by atoms with E-state index >= 15 is 0 Å². The number of phenols is 1. The van der Waals surface area contributed by atoms with Crippen LogP contribution in [0.25, 0.3) is 16.9 Å². The quantitative estimate of drug-likeness (QED) is 0.288. The average molecular weight is 563 g/mol. The van der Waals surface area contributed by atoms with Crippen molar-refractivity contribution in [2.45, 2.75) is 31.0 Å². The van der Waals surface area contributed by atoms with Gasteiger partial charge in [0.15, 0.2) is 11.4 Å². The lowest BCUT2D eigenvalue weighted by Crippen LogP contribution is -2.65. The van der Waals surface area contributed by atoms with E-state index in [1.807, 2.05) is 43.3 Å². The van der Waals surface area contributed by atoms with E-state index in [1.54, 1.807) is 20.2 Å². The van der Waals surface area contributed by atoms with Gasteiger partial charge in [0.05, 0.1) is 11.6 Å². The molecule has 0 radical (unpaired) electrons. The standard InChI is InChI=1S/C30H34N4O7/c1-33(2)16-7-5-13(6-8-16)17-10-15(12-31)24(35)21-18(17)9-14-11-19-23(34(3)4)26(37)22(29(32)40)28(39)30(19,41)27(38)20(14)25(21)36/h5-8,10,14,19,23,35-36,39,41H,9,11-12,31H2,1-4H3,(H2,32,40)/t14-,19-,23+,30-/m0/s1. The van der Waals surface area contributed by atoms with Crippen LogP contribution >= 0.6 is 0 Å². The summed E-state index contributed by atoms with van der Waals surface area (Å²) in [6.45, 7) is -0.0496. The summed E-state index contributed by atoms with van der Waals surface area (Å²) in [7, 11) is 6.97. The van der Waals surface area contributed by atoms with Crippen molar-refractivity contribution in [1.29, 1.82) is 0 Å². The fourth-order valence-corrected chi connectivity index (χ4v) is 6.72. The molecule has 0 spiro atoms. The van der Waals surface area contributed by atoms with E-state index in [0.717, 1.165) is 11.3 Å². The number of hydrogen-bond donors (Lipinski definition) is 6. The fourth-order valence-electron chi connectivity index (χ4n) is 6.72. The number of aliphatic hydroxyl groups excluding tert-OH is 2. The number of phenolic OH excluding ortho intramolecular Hbond substituents is 1. The van der Waals surface area contributed by atoms with E-state index in [4.69, 9.17) is 11.5 Å². The van der Waals surface area contributed by atoms with Crippen LogP contribution in [0.4, 0.5) is 5.69 Å². The molecule has 0 bridgehead atoms. The molecule has 0 unspecified atom stereocenters. The van der Waals surface area contributed by atoms with Crippen molar-refractivity contribution < 1.29 is 34.8 Å². The van der Waals surface area contributed by atoms with E-state index < -0.39 is 58.0 Å². The normalized spacial score (nSPS) is 25.7. The van der Waals surface area contributed by atoms with Crippen LogP contribution in [-0.4, -0.2) is 82.6 Å². The Kier molecular flexibility index (Phi) is 6.72. The van der Waals surface area contributed by atoms with Gasteiger partial charge in [-0.25, -0.2) is 0 Å². The highest BCUT2D eigenvalue weighted by molar-refractivity contribution is 6.24. The molecular weight excluding hydrogens is 528 g/mol. The van der Waals surface area contributed by atoms with Gasteiger partial charge in [0.1, 0.15) is 22.8 Å². The molecular formula is C30H34N4O7. The van der Waals surface area contributed by atoms with E-state index in [2.05, 4.69) is 0 Å². The van der Waals surface area contributed by atoms with Gasteiger partial charge in [-0.3, -0.25) is 19.3 Å². The lowest BCUT2D eigenvalue weighted by atomic mass is 9.57. The molecule has 1 saturated carbocycles. The Bertz CT molecular complexity index is 1560. The van der Waals surface area contributed by atoms with Crippen molar-refractivity contribution in [2.75, 3.05) is 33.1 Å². The first kappa shape index (κ1) is 28.3. The largest absolute Gasteiger partial charge is 0.508 e. The SMILES string of the molecule is CN(C)c1ccc(-c2cc(CN)c(O)c3c2C[C@H]2C[C@H]4[C@@H](N(C)C)C(=O)C(C(N)=O)=C(O)[C@@]4(O)C(=O)C2=C3O)cc1. The summed E-state index contributed by atoms with van der Waals surface area (Å²) in [6, 6.07) is 8.33. The molecule has 2 aromatic rings. The van der Waals surface area contributed by atoms with Gasteiger partial charge in [-0.1, -0.05) is 12.1 Å². The van der Waals surface area contributed by atoms with E-state index in [-0.39, 0.29) is 36.3 Å². The minimum atomic E-state index is -2.68. The molecule has 3 aliphatic carbocycles. The van der Waals surface area contributed by atoms with Crippen molar-refractivity contribution in [1.82, 2.24) is 4.90 Å². The van der Waals surface area contributed by atoms with Gasteiger partial charge < -0.3 is 36.8 Å². The molecule has 0 aliphatic heterocycles. The first-order chi connectivity index (χ1) is 19.2. The maximum Gasteiger partial charge on any atom is 0.255 e. The second kappa shape index (κ2) is 9.72. The number of nitrogens with two attached hydrogens (primary N) is 2. The van der Waals surface area contributed by atoms with Gasteiger partial charge in [0, 0.05) is 43.4 Å². The lowest BCUT2D eigenvalue weighted by molar-refractivity contribution is -0.153. The Morgan fingerprint density at radius 1 is 1.07 bits per heavy atom. The summed E-state index contributed by atoms with van der Waals surface area (Å²) in [5.41, 5.74) is 11.0. The van der Waals surface area contributed by atoms with Crippen molar-refractivity contribution in [3.8, 4) is 16.9 Å². The van der Waals surface area contributed by atoms with Crippen LogP contribution in [0, 0.1) is 11.8 Å². The molecule has 1 fully saturated rings. The van der Waals surface area contributed by atoms with Gasteiger partial charge >= 0.3 is 0 Å². The molecule has 3 aliphatic rings. The number of aromatic hydroxyl groups is 1. The number of fused-ring (bicyclic) bond motifs is 3. The van der Waals surface area contributed by atoms with Crippen LogP contribution in [0.15, 0.2) is 47.2 Å². The molecule has 41 heavy (non-hydrogen) atoms. The second-order valence-electron chi connectivity index (χ2n) is 11.4. The Morgan fingerprint density at radius 2 is 1.71 bits per heavy atom. The van der Waals surface area contributed by atoms with Crippen molar-refractivity contribution in [3.63, 3.8) is 0 Å². The predicted molar refractivity (Wildman–Crippen MR) is 152 cm³/mol. The number of ketones is 2. The molecule has 2 aromatic carbocycles. The second-order valence-corrected chi connectivity index (χ2v) is 11.4. The summed E-state index contributed by atoms with van der Waals surface area (Å²) >= 11 is 0. The highest BCUT2D eigenvalue weighted by atomic mass is 16.3. The summed E-state index contributed by atoms with van der Waals surface area (Å²) in [5.74, 6) is -6.86. The van der Waals surface area contributed by atoms with Crippen LogP contribution < -0.4 is 16.4 Å². The molecule has 8 N–H and O–H groups in total. The Hall–Kier alpha value is -4.19. The molecule has 11 nitrogen and oxygen atoms in total. The fraction of sp³-hybridized carbons (Fsp3) is 0.367. The minimum absolute atomic E-state index is 0.0180. The molecule has 5 rings (SSSR count). The zero-order valence-electron chi connectivity index (χ0n) is 23.3. The smallest absolute Gasteiger partial charge is 0.255 e. The highest BCUT2D eigenvalue weighted by Gasteiger charge is 2.64. The highest BCUT2D eigenvalue weighted by Crippen LogP contribution is 2.54. The van der Waals surface area contributed by atoms with Crippen molar-refractivity contribution in [2.24, 2.45) is 23.3 Å². The van der Waals surface area contributed by atoms with Crippen LogP contribution in [0.1, 0.15) is 23.1 Å². The summed E-state index contributed by atoms with van der Waals surface area (Å²) in [4.78, 5) is 42.9. The van der Waals surface area contributed by atoms with E-state index in [1.165, 1.54) is 4.90 Å². The number of carbonyl (C=O) groups is 3. The molecule has 11 heteroatoms. The third-order valence-corrected chi connectivity index (χ3v) is 8.71. The molecule has 1 amide bonds. The Balaban J connectivity index is 1.75. The number of nitrogens with zero attached hydrogens (tertiary/aromatic N) is 2. The van der Waals surface area contributed by atoms with Gasteiger partial charge in [0.25, 0.3) is 5.91 Å². The van der Waals surface area contributed by atoms with E-state index in [0.29, 0.717) is 16.7 Å². The summed E-state index contributed by atoms with van der Waals surface area (Å²) < 4.78 is 0. The van der Waals surface area contributed by atoms with Gasteiger partial charge in [-0.15, -0.1) is 0 Å². The number of hydrogen-bond acceptors (Lipinski definition) is 10. The first-order valence-corrected chi connectivity index (χ1v) is 13.3. The third-order valence-electron chi connectivity index (χ3n) is 8.71. The number of likely N-dealkylation sites (N-methyl/N-ethyl adjacent to an activating group) is 1. The van der Waals surface area contributed by atoms with Crippen molar-refractivity contribution in [3.05, 3.63) is 63.9 Å². The number of aliphatic hydroxyl groups is 3. The summed E-state index contributed by atoms with van der Waals surface area (Å²) in [5, 5.41) is 45.5. The number of anilines is 1. The predicted octanol–water partition coefficient (Wildman–Crippen LogP) is 1.16. The number of amides is 1. The van der Waals surface area contributed by atoms with Gasteiger partial charge in [-0.2, -0.15) is 0 Å². The lowest BCUT2D eigenvalue weighted by Gasteiger charge is -2.50. The number of benzene rings is 2. The molecule has 216 valence electrons. The number of Topliss-reactive ketones (excluding diaryl/α,β-unsaturated/α-hetero) is 2. The van der Waals surface area contributed by atoms with Crippen molar-refractivity contribution >= 4 is 28.9 Å². The molecule has 0 aromatic heterocycles. The zero-order valence-corrected chi connectivity index (χ0v) is 23.3. The van der Waals surface area contributed by atoms with Crippen LogP contribution in [0.5, 0.6) is 5.75 Å². The number of rotatable bonds is 5. The third kappa shape index (κ3) is 3.95. The molecule has 4 atom stereocenters. The first-order valence-electron chi connectivity index (χ1n) is 13.3. The molecule has 0 heterocycles. The number of carbonyl (C=O) groups excluding carboxylic acids is 3. The Labute approximate surface area is 237 Å². The summed E-state index contributed by atoms with van der Waals surface area (Å²) in [6.07, 6.45) is 0.210. The van der Waals surface area contributed by atoms with E-state index in [9.17, 15) is 34.8 Å². The van der Waals surface area contributed by atoms with Crippen LogP contribution in [-0.2, 0) is 27.3 Å². The van der Waals surface area contributed by atoms with Crippen LogP contribution in [0.2, 0.25) is 0 Å².